The first-order valence-electron chi connectivity index (χ1n) is 6.19. The first kappa shape index (κ1) is 11.8. The molecule has 0 bridgehead atoms. The summed E-state index contributed by atoms with van der Waals surface area (Å²) < 4.78 is 3.24. The van der Waals surface area contributed by atoms with Crippen molar-refractivity contribution in [2.75, 3.05) is 0 Å². The van der Waals surface area contributed by atoms with Crippen LogP contribution >= 0.6 is 15.9 Å². The number of halogens is 1. The normalized spacial score (nSPS) is 18.7. The van der Waals surface area contributed by atoms with Crippen molar-refractivity contribution in [2.45, 2.75) is 26.3 Å². The van der Waals surface area contributed by atoms with Crippen molar-refractivity contribution in [1.29, 1.82) is 0 Å². The molecule has 1 aromatic carbocycles. The van der Waals surface area contributed by atoms with Gasteiger partial charge in [-0.05, 0) is 59.0 Å². The van der Waals surface area contributed by atoms with Crippen molar-refractivity contribution in [1.82, 2.24) is 9.55 Å². The van der Waals surface area contributed by atoms with Crippen LogP contribution in [0.1, 0.15) is 19.0 Å². The number of imidazole rings is 1. The zero-order valence-corrected chi connectivity index (χ0v) is 11.8. The van der Waals surface area contributed by atoms with Crippen LogP contribution in [0.2, 0.25) is 0 Å². The lowest BCUT2D eigenvalue weighted by atomic mass is 9.98. The highest BCUT2D eigenvalue weighted by Gasteiger charge is 2.22. The standard InChI is InChI=1S/C14H15BrN2O/c1-9-6-7-17-12(8-9)13(15)16-14(17)10-2-4-11(18)5-3-10/h2-5,9,18H,6-8H2,1H3. The molecule has 1 aromatic heterocycles. The summed E-state index contributed by atoms with van der Waals surface area (Å²) in [5.74, 6) is 2.00. The van der Waals surface area contributed by atoms with E-state index in [9.17, 15) is 5.11 Å². The lowest BCUT2D eigenvalue weighted by Gasteiger charge is -2.22. The van der Waals surface area contributed by atoms with Crippen LogP contribution in [0.4, 0.5) is 0 Å². The second kappa shape index (κ2) is 4.43. The Morgan fingerprint density at radius 2 is 2.06 bits per heavy atom. The minimum absolute atomic E-state index is 0.289. The van der Waals surface area contributed by atoms with Crippen molar-refractivity contribution >= 4 is 15.9 Å². The first-order valence-corrected chi connectivity index (χ1v) is 6.99. The van der Waals surface area contributed by atoms with Crippen LogP contribution in [0, 0.1) is 5.92 Å². The summed E-state index contributed by atoms with van der Waals surface area (Å²) in [7, 11) is 0. The molecule has 0 aliphatic carbocycles. The molecule has 0 spiro atoms. The second-order valence-electron chi connectivity index (χ2n) is 4.97. The fourth-order valence-corrected chi connectivity index (χ4v) is 3.05. The number of aromatic hydroxyl groups is 1. The fraction of sp³-hybridized carbons (Fsp3) is 0.357. The van der Waals surface area contributed by atoms with E-state index < -0.39 is 0 Å². The van der Waals surface area contributed by atoms with Crippen LogP contribution < -0.4 is 0 Å². The third-order valence-corrected chi connectivity index (χ3v) is 4.17. The molecule has 1 aliphatic heterocycles. The molecule has 0 saturated carbocycles. The largest absolute Gasteiger partial charge is 0.508 e. The van der Waals surface area contributed by atoms with E-state index in [0.717, 1.165) is 34.9 Å². The van der Waals surface area contributed by atoms with Gasteiger partial charge in [0.2, 0.25) is 0 Å². The summed E-state index contributed by atoms with van der Waals surface area (Å²) in [6.45, 7) is 3.30. The molecule has 0 amide bonds. The van der Waals surface area contributed by atoms with E-state index >= 15 is 0 Å². The Hall–Kier alpha value is -1.29. The van der Waals surface area contributed by atoms with Gasteiger partial charge >= 0.3 is 0 Å². The number of rotatable bonds is 1. The number of fused-ring (bicyclic) bond motifs is 1. The summed E-state index contributed by atoms with van der Waals surface area (Å²) in [6, 6.07) is 7.23. The van der Waals surface area contributed by atoms with E-state index in [0.29, 0.717) is 0 Å². The van der Waals surface area contributed by atoms with Crippen molar-refractivity contribution < 1.29 is 5.11 Å². The van der Waals surface area contributed by atoms with Crippen LogP contribution in [0.3, 0.4) is 0 Å². The van der Waals surface area contributed by atoms with Gasteiger partial charge in [-0.15, -0.1) is 0 Å². The first-order chi connectivity index (χ1) is 8.65. The Balaban J connectivity index is 2.08. The topological polar surface area (TPSA) is 38.0 Å². The van der Waals surface area contributed by atoms with Gasteiger partial charge in [0.15, 0.2) is 0 Å². The maximum Gasteiger partial charge on any atom is 0.141 e. The molecule has 0 saturated heterocycles. The highest BCUT2D eigenvalue weighted by molar-refractivity contribution is 9.10. The zero-order valence-electron chi connectivity index (χ0n) is 10.2. The molecule has 0 radical (unpaired) electrons. The Kier molecular flexibility index (Phi) is 2.90. The molecule has 1 N–H and O–H groups in total. The Labute approximate surface area is 115 Å². The number of hydrogen-bond donors (Lipinski definition) is 1. The van der Waals surface area contributed by atoms with E-state index in [2.05, 4.69) is 32.4 Å². The molecule has 1 unspecified atom stereocenters. The number of nitrogens with zero attached hydrogens (tertiary/aromatic N) is 2. The van der Waals surface area contributed by atoms with Gasteiger partial charge in [-0.3, -0.25) is 0 Å². The quantitative estimate of drug-likeness (QED) is 0.874. The molecule has 3 rings (SSSR count). The van der Waals surface area contributed by atoms with Crippen molar-refractivity contribution in [3.05, 3.63) is 34.6 Å². The fourth-order valence-electron chi connectivity index (χ4n) is 2.50. The van der Waals surface area contributed by atoms with Gasteiger partial charge in [0, 0.05) is 12.1 Å². The molecule has 18 heavy (non-hydrogen) atoms. The van der Waals surface area contributed by atoms with Crippen LogP contribution in [-0.4, -0.2) is 14.7 Å². The van der Waals surface area contributed by atoms with E-state index in [1.165, 1.54) is 12.1 Å². The monoisotopic (exact) mass is 306 g/mol. The van der Waals surface area contributed by atoms with Gasteiger partial charge in [-0.1, -0.05) is 6.92 Å². The molecule has 3 nitrogen and oxygen atoms in total. The summed E-state index contributed by atoms with van der Waals surface area (Å²) in [4.78, 5) is 4.62. The SMILES string of the molecule is CC1CCn2c(-c3ccc(O)cc3)nc(Br)c2C1. The van der Waals surface area contributed by atoms with E-state index in [1.807, 2.05) is 12.1 Å². The maximum absolute atomic E-state index is 9.35. The van der Waals surface area contributed by atoms with E-state index in [1.54, 1.807) is 12.1 Å². The molecule has 2 heterocycles. The second-order valence-corrected chi connectivity index (χ2v) is 5.72. The average Bonchev–Trinajstić information content (AvgIpc) is 2.68. The highest BCUT2D eigenvalue weighted by atomic mass is 79.9. The lowest BCUT2D eigenvalue weighted by molar-refractivity contribution is 0.418. The zero-order chi connectivity index (χ0) is 12.7. The minimum atomic E-state index is 0.289. The van der Waals surface area contributed by atoms with Crippen LogP contribution in [0.15, 0.2) is 28.9 Å². The number of phenols is 1. The number of aromatic nitrogens is 2. The molecular formula is C14H15BrN2O. The summed E-state index contributed by atoms with van der Waals surface area (Å²) in [5, 5.41) is 9.35. The minimum Gasteiger partial charge on any atom is -0.508 e. The van der Waals surface area contributed by atoms with E-state index in [4.69, 9.17) is 0 Å². The van der Waals surface area contributed by atoms with Crippen LogP contribution in [0.5, 0.6) is 5.75 Å². The lowest BCUT2D eigenvalue weighted by Crippen LogP contribution is -2.17. The van der Waals surface area contributed by atoms with E-state index in [-0.39, 0.29) is 5.75 Å². The number of phenolic OH excluding ortho intramolecular Hbond substituents is 1. The van der Waals surface area contributed by atoms with Gasteiger partial charge < -0.3 is 9.67 Å². The molecular weight excluding hydrogens is 292 g/mol. The smallest absolute Gasteiger partial charge is 0.141 e. The third-order valence-electron chi connectivity index (χ3n) is 3.54. The number of benzene rings is 1. The molecule has 94 valence electrons. The van der Waals surface area contributed by atoms with Gasteiger partial charge in [0.05, 0.1) is 5.69 Å². The van der Waals surface area contributed by atoms with Crippen LogP contribution in [0.25, 0.3) is 11.4 Å². The maximum atomic E-state index is 9.35. The van der Waals surface area contributed by atoms with Gasteiger partial charge in [-0.25, -0.2) is 4.98 Å². The summed E-state index contributed by atoms with van der Waals surface area (Å²) in [6.07, 6.45) is 2.27. The van der Waals surface area contributed by atoms with Crippen molar-refractivity contribution in [3.8, 4) is 17.1 Å². The van der Waals surface area contributed by atoms with Gasteiger partial charge in [0.25, 0.3) is 0 Å². The Morgan fingerprint density at radius 1 is 1.33 bits per heavy atom. The van der Waals surface area contributed by atoms with Gasteiger partial charge in [0.1, 0.15) is 16.2 Å². The highest BCUT2D eigenvalue weighted by Crippen LogP contribution is 2.32. The predicted octanol–water partition coefficient (Wildman–Crippen LogP) is 3.60. The average molecular weight is 307 g/mol. The van der Waals surface area contributed by atoms with Crippen molar-refractivity contribution in [2.24, 2.45) is 5.92 Å². The third kappa shape index (κ3) is 1.94. The van der Waals surface area contributed by atoms with Crippen molar-refractivity contribution in [3.63, 3.8) is 0 Å². The predicted molar refractivity (Wildman–Crippen MR) is 74.5 cm³/mol. The summed E-state index contributed by atoms with van der Waals surface area (Å²) >= 11 is 3.56. The Morgan fingerprint density at radius 3 is 2.78 bits per heavy atom. The molecule has 0 fully saturated rings. The molecule has 1 atom stereocenters. The Bertz CT molecular complexity index is 574. The number of hydrogen-bond acceptors (Lipinski definition) is 2. The van der Waals surface area contributed by atoms with Crippen LogP contribution in [-0.2, 0) is 13.0 Å². The summed E-state index contributed by atoms with van der Waals surface area (Å²) in [5.41, 5.74) is 2.34. The molecule has 4 heteroatoms. The molecule has 2 aromatic rings. The van der Waals surface area contributed by atoms with Gasteiger partial charge in [-0.2, -0.15) is 0 Å². The molecule has 1 aliphatic rings.